The van der Waals surface area contributed by atoms with Crippen LogP contribution >= 0.6 is 0 Å². The smallest absolute Gasteiger partial charge is 0.416 e. The zero-order valence-electron chi connectivity index (χ0n) is 13.5. The molecule has 138 valence electrons. The summed E-state index contributed by atoms with van der Waals surface area (Å²) in [4.78, 5) is 22.6. The van der Waals surface area contributed by atoms with Gasteiger partial charge in [-0.15, -0.1) is 0 Å². The van der Waals surface area contributed by atoms with E-state index in [0.717, 1.165) is 12.1 Å². The van der Waals surface area contributed by atoms with Crippen LogP contribution in [0.15, 0.2) is 48.5 Å². The SMILES string of the molecule is O=C(O)COc1ccccc1CNC(=O)Cc1ccc(C(F)(F)F)cc1. The van der Waals surface area contributed by atoms with Crippen LogP contribution < -0.4 is 10.1 Å². The molecule has 0 aliphatic carbocycles. The topological polar surface area (TPSA) is 75.6 Å². The van der Waals surface area contributed by atoms with Crippen LogP contribution in [0.4, 0.5) is 13.2 Å². The first-order valence-electron chi connectivity index (χ1n) is 7.61. The number of rotatable bonds is 7. The summed E-state index contributed by atoms with van der Waals surface area (Å²) >= 11 is 0. The first-order chi connectivity index (χ1) is 12.3. The molecule has 0 aromatic heterocycles. The Hall–Kier alpha value is -3.03. The van der Waals surface area contributed by atoms with E-state index in [2.05, 4.69) is 5.32 Å². The number of nitrogens with one attached hydrogen (secondary N) is 1. The summed E-state index contributed by atoms with van der Waals surface area (Å²) in [6.45, 7) is -0.397. The number of carbonyl (C=O) groups is 2. The Bertz CT molecular complexity index is 773. The van der Waals surface area contributed by atoms with Crippen LogP contribution in [0.25, 0.3) is 0 Å². The van der Waals surface area contributed by atoms with Gasteiger partial charge in [0.1, 0.15) is 5.75 Å². The fraction of sp³-hybridized carbons (Fsp3) is 0.222. The number of halogens is 3. The Labute approximate surface area is 147 Å². The lowest BCUT2D eigenvalue weighted by Crippen LogP contribution is -2.25. The number of carbonyl (C=O) groups excluding carboxylic acids is 1. The van der Waals surface area contributed by atoms with Crippen LogP contribution in [0, 0.1) is 0 Å². The van der Waals surface area contributed by atoms with Gasteiger partial charge < -0.3 is 15.2 Å². The number of carboxylic acids is 1. The minimum absolute atomic E-state index is 0.0731. The van der Waals surface area contributed by atoms with Gasteiger partial charge in [-0.25, -0.2) is 4.79 Å². The number of para-hydroxylation sites is 1. The second kappa shape index (κ2) is 8.37. The lowest BCUT2D eigenvalue weighted by molar-refractivity contribution is -0.139. The fourth-order valence-electron chi connectivity index (χ4n) is 2.18. The average molecular weight is 367 g/mol. The van der Waals surface area contributed by atoms with Gasteiger partial charge in [-0.3, -0.25) is 4.79 Å². The van der Waals surface area contributed by atoms with Gasteiger partial charge in [-0.2, -0.15) is 13.2 Å². The number of hydrogen-bond donors (Lipinski definition) is 2. The zero-order valence-corrected chi connectivity index (χ0v) is 13.5. The second-order valence-electron chi connectivity index (χ2n) is 5.44. The molecule has 0 heterocycles. The van der Waals surface area contributed by atoms with E-state index >= 15 is 0 Å². The Morgan fingerprint density at radius 1 is 1.04 bits per heavy atom. The van der Waals surface area contributed by atoms with E-state index in [1.165, 1.54) is 12.1 Å². The Balaban J connectivity index is 1.92. The molecule has 2 N–H and O–H groups in total. The third kappa shape index (κ3) is 5.80. The van der Waals surface area contributed by atoms with Crippen LogP contribution in [0.2, 0.25) is 0 Å². The lowest BCUT2D eigenvalue weighted by Gasteiger charge is -2.11. The van der Waals surface area contributed by atoms with Crippen molar-refractivity contribution in [3.05, 3.63) is 65.2 Å². The summed E-state index contributed by atoms with van der Waals surface area (Å²) < 4.78 is 42.7. The number of benzene rings is 2. The molecule has 0 radical (unpaired) electrons. The van der Waals surface area contributed by atoms with Crippen molar-refractivity contribution in [3.63, 3.8) is 0 Å². The Morgan fingerprint density at radius 2 is 1.69 bits per heavy atom. The molecule has 5 nitrogen and oxygen atoms in total. The quantitative estimate of drug-likeness (QED) is 0.789. The number of aliphatic carboxylic acids is 1. The zero-order chi connectivity index (χ0) is 19.2. The van der Waals surface area contributed by atoms with Crippen LogP contribution in [-0.4, -0.2) is 23.6 Å². The maximum atomic E-state index is 12.5. The van der Waals surface area contributed by atoms with Crippen molar-refractivity contribution in [2.75, 3.05) is 6.61 Å². The van der Waals surface area contributed by atoms with Gasteiger partial charge in [-0.1, -0.05) is 30.3 Å². The predicted molar refractivity (Wildman–Crippen MR) is 86.6 cm³/mol. The van der Waals surface area contributed by atoms with Crippen LogP contribution in [-0.2, 0) is 28.7 Å². The van der Waals surface area contributed by atoms with Gasteiger partial charge in [-0.05, 0) is 23.8 Å². The van der Waals surface area contributed by atoms with Crippen molar-refractivity contribution < 1.29 is 32.6 Å². The third-order valence-electron chi connectivity index (χ3n) is 3.45. The predicted octanol–water partition coefficient (Wildman–Crippen LogP) is 3.03. The summed E-state index contributed by atoms with van der Waals surface area (Å²) in [5.41, 5.74) is 0.270. The molecular formula is C18H16F3NO4. The minimum Gasteiger partial charge on any atom is -0.482 e. The highest BCUT2D eigenvalue weighted by atomic mass is 19.4. The average Bonchev–Trinajstić information content (AvgIpc) is 2.58. The first kappa shape index (κ1) is 19.3. The molecule has 26 heavy (non-hydrogen) atoms. The summed E-state index contributed by atoms with van der Waals surface area (Å²) in [7, 11) is 0. The van der Waals surface area contributed by atoms with Crippen molar-refractivity contribution in [2.24, 2.45) is 0 Å². The van der Waals surface area contributed by atoms with Crippen molar-refractivity contribution >= 4 is 11.9 Å². The maximum Gasteiger partial charge on any atom is 0.416 e. The molecule has 1 amide bonds. The highest BCUT2D eigenvalue weighted by molar-refractivity contribution is 5.78. The Morgan fingerprint density at radius 3 is 2.31 bits per heavy atom. The molecule has 2 aromatic rings. The van der Waals surface area contributed by atoms with Gasteiger partial charge in [0.15, 0.2) is 6.61 Å². The number of ether oxygens (including phenoxy) is 1. The minimum atomic E-state index is -4.42. The molecule has 0 atom stereocenters. The van der Waals surface area contributed by atoms with Crippen molar-refractivity contribution in [1.29, 1.82) is 0 Å². The van der Waals surface area contributed by atoms with E-state index in [1.54, 1.807) is 24.3 Å². The molecule has 0 spiro atoms. The normalized spacial score (nSPS) is 11.0. The van der Waals surface area contributed by atoms with Gasteiger partial charge >= 0.3 is 12.1 Å². The van der Waals surface area contributed by atoms with Gasteiger partial charge in [0.2, 0.25) is 5.91 Å². The van der Waals surface area contributed by atoms with E-state index < -0.39 is 24.3 Å². The summed E-state index contributed by atoms with van der Waals surface area (Å²) in [5.74, 6) is -1.16. The van der Waals surface area contributed by atoms with Crippen molar-refractivity contribution in [3.8, 4) is 5.75 Å². The highest BCUT2D eigenvalue weighted by Gasteiger charge is 2.29. The molecule has 0 saturated carbocycles. The van der Waals surface area contributed by atoms with Gasteiger partial charge in [0.05, 0.1) is 12.0 Å². The van der Waals surface area contributed by atoms with Crippen LogP contribution in [0.3, 0.4) is 0 Å². The standard InChI is InChI=1S/C18H16F3NO4/c19-18(20,21)14-7-5-12(6-8-14)9-16(23)22-10-13-3-1-2-4-15(13)26-11-17(24)25/h1-8H,9-11H2,(H,22,23)(H,24,25). The fourth-order valence-corrected chi connectivity index (χ4v) is 2.18. The van der Waals surface area contributed by atoms with E-state index in [0.29, 0.717) is 16.9 Å². The molecule has 0 fully saturated rings. The molecule has 0 aliphatic heterocycles. The van der Waals surface area contributed by atoms with Gasteiger partial charge in [0, 0.05) is 12.1 Å². The number of hydrogen-bond acceptors (Lipinski definition) is 3. The summed E-state index contributed by atoms with van der Waals surface area (Å²) in [6, 6.07) is 11.0. The Kier molecular flexibility index (Phi) is 6.21. The van der Waals surface area contributed by atoms with E-state index in [4.69, 9.17) is 9.84 Å². The maximum absolute atomic E-state index is 12.5. The lowest BCUT2D eigenvalue weighted by atomic mass is 10.1. The molecule has 2 aromatic carbocycles. The molecule has 0 bridgehead atoms. The molecule has 0 saturated heterocycles. The van der Waals surface area contributed by atoms with Crippen molar-refractivity contribution in [2.45, 2.75) is 19.1 Å². The first-order valence-corrected chi connectivity index (χ1v) is 7.61. The second-order valence-corrected chi connectivity index (χ2v) is 5.44. The van der Waals surface area contributed by atoms with E-state index in [9.17, 15) is 22.8 Å². The van der Waals surface area contributed by atoms with Crippen molar-refractivity contribution in [1.82, 2.24) is 5.32 Å². The molecule has 8 heteroatoms. The van der Waals surface area contributed by atoms with Crippen LogP contribution in [0.5, 0.6) is 5.75 Å². The molecule has 0 aliphatic rings. The van der Waals surface area contributed by atoms with E-state index in [-0.39, 0.29) is 18.9 Å². The van der Waals surface area contributed by atoms with Gasteiger partial charge in [0.25, 0.3) is 0 Å². The largest absolute Gasteiger partial charge is 0.482 e. The number of alkyl halides is 3. The molecule has 2 rings (SSSR count). The van der Waals surface area contributed by atoms with E-state index in [1.807, 2.05) is 0 Å². The molecular weight excluding hydrogens is 351 g/mol. The summed E-state index contributed by atoms with van der Waals surface area (Å²) in [5, 5.41) is 11.3. The third-order valence-corrected chi connectivity index (χ3v) is 3.45. The monoisotopic (exact) mass is 367 g/mol. The van der Waals surface area contributed by atoms with Crippen LogP contribution in [0.1, 0.15) is 16.7 Å². The molecule has 0 unspecified atom stereocenters. The number of carboxylic acid groups (broad SMARTS) is 1. The highest BCUT2D eigenvalue weighted by Crippen LogP contribution is 2.29. The summed E-state index contributed by atoms with van der Waals surface area (Å²) in [6.07, 6.45) is -4.49. The number of amides is 1.